The third-order valence-corrected chi connectivity index (χ3v) is 2.55. The molecule has 0 aromatic carbocycles. The third kappa shape index (κ3) is 1.85. The van der Waals surface area contributed by atoms with E-state index in [1.807, 2.05) is 0 Å². The third-order valence-electron chi connectivity index (χ3n) is 2.12. The highest BCUT2D eigenvalue weighted by molar-refractivity contribution is 9.10. The Labute approximate surface area is 93.8 Å². The second-order valence-corrected chi connectivity index (χ2v) is 4.12. The predicted molar refractivity (Wildman–Crippen MR) is 54.3 cm³/mol. The molecule has 0 fully saturated rings. The van der Waals surface area contributed by atoms with E-state index in [1.54, 1.807) is 12.3 Å². The molecule has 1 aromatic heterocycles. The lowest BCUT2D eigenvalue weighted by molar-refractivity contribution is -0.137. The van der Waals surface area contributed by atoms with Crippen molar-refractivity contribution in [1.29, 1.82) is 0 Å². The van der Waals surface area contributed by atoms with Crippen LogP contribution in [-0.2, 0) is 11.3 Å². The monoisotopic (exact) mass is 270 g/mol. The minimum Gasteiger partial charge on any atom is -0.480 e. The quantitative estimate of drug-likeness (QED) is 0.867. The maximum atomic E-state index is 11.7. The highest BCUT2D eigenvalue weighted by Crippen LogP contribution is 2.23. The van der Waals surface area contributed by atoms with Crippen molar-refractivity contribution in [2.75, 3.05) is 6.54 Å². The second kappa shape index (κ2) is 3.62. The SMILES string of the molecule is O=C(O)CN1Cc2ncc(Br)cc2C1=O. The number of amides is 1. The molecule has 0 unspecified atom stereocenters. The number of carbonyl (C=O) groups excluding carboxylic acids is 1. The minimum atomic E-state index is -1.02. The largest absolute Gasteiger partial charge is 0.480 e. The Morgan fingerprint density at radius 1 is 1.67 bits per heavy atom. The second-order valence-electron chi connectivity index (χ2n) is 3.20. The number of carboxylic acid groups (broad SMARTS) is 1. The van der Waals surface area contributed by atoms with Gasteiger partial charge in [-0.1, -0.05) is 0 Å². The van der Waals surface area contributed by atoms with Gasteiger partial charge in [0.25, 0.3) is 5.91 Å². The molecule has 0 saturated heterocycles. The molecule has 1 N–H and O–H groups in total. The van der Waals surface area contributed by atoms with E-state index in [-0.39, 0.29) is 19.0 Å². The van der Waals surface area contributed by atoms with Crippen molar-refractivity contribution in [3.05, 3.63) is 28.0 Å². The van der Waals surface area contributed by atoms with Gasteiger partial charge in [0, 0.05) is 10.7 Å². The summed E-state index contributed by atoms with van der Waals surface area (Å²) in [5, 5.41) is 8.60. The van der Waals surface area contributed by atoms with Crippen LogP contribution in [0.3, 0.4) is 0 Å². The summed E-state index contributed by atoms with van der Waals surface area (Å²) >= 11 is 3.21. The number of hydrogen-bond acceptors (Lipinski definition) is 3. The first kappa shape index (κ1) is 10.1. The average molecular weight is 271 g/mol. The van der Waals surface area contributed by atoms with E-state index in [0.29, 0.717) is 15.7 Å². The topological polar surface area (TPSA) is 70.5 Å². The van der Waals surface area contributed by atoms with Gasteiger partial charge < -0.3 is 10.0 Å². The standard InChI is InChI=1S/C9H7BrN2O3/c10-5-1-6-7(11-2-5)3-12(9(6)15)4-8(13)14/h1-2H,3-4H2,(H,13,14). The molecule has 0 spiro atoms. The fourth-order valence-electron chi connectivity index (χ4n) is 1.49. The fraction of sp³-hybridized carbons (Fsp3) is 0.222. The number of pyridine rings is 1. The number of aromatic nitrogens is 1. The first-order valence-electron chi connectivity index (χ1n) is 4.23. The fourth-order valence-corrected chi connectivity index (χ4v) is 1.82. The van der Waals surface area contributed by atoms with Crippen molar-refractivity contribution >= 4 is 27.8 Å². The molecule has 0 atom stereocenters. The number of nitrogens with zero attached hydrogens (tertiary/aromatic N) is 2. The van der Waals surface area contributed by atoms with Gasteiger partial charge in [-0.05, 0) is 22.0 Å². The summed E-state index contributed by atoms with van der Waals surface area (Å²) in [6.07, 6.45) is 1.59. The Hall–Kier alpha value is -1.43. The normalized spacial score (nSPS) is 14.2. The molecule has 0 aliphatic carbocycles. The predicted octanol–water partition coefficient (Wildman–Crippen LogP) is 0.884. The highest BCUT2D eigenvalue weighted by atomic mass is 79.9. The van der Waals surface area contributed by atoms with Crippen molar-refractivity contribution in [3.8, 4) is 0 Å². The number of aliphatic carboxylic acids is 1. The molecule has 5 nitrogen and oxygen atoms in total. The molecular formula is C9H7BrN2O3. The zero-order chi connectivity index (χ0) is 11.0. The van der Waals surface area contributed by atoms with Crippen LogP contribution in [0, 0.1) is 0 Å². The molecule has 1 aliphatic rings. The number of carboxylic acids is 1. The number of hydrogen-bond donors (Lipinski definition) is 1. The van der Waals surface area contributed by atoms with Gasteiger partial charge in [0.1, 0.15) is 6.54 Å². The lowest BCUT2D eigenvalue weighted by atomic mass is 10.2. The zero-order valence-corrected chi connectivity index (χ0v) is 9.19. The summed E-state index contributed by atoms with van der Waals surface area (Å²) in [5.74, 6) is -1.29. The molecule has 78 valence electrons. The van der Waals surface area contributed by atoms with Crippen LogP contribution in [-0.4, -0.2) is 33.4 Å². The Kier molecular flexibility index (Phi) is 2.44. The first-order valence-corrected chi connectivity index (χ1v) is 5.02. The van der Waals surface area contributed by atoms with Crippen molar-refractivity contribution in [3.63, 3.8) is 0 Å². The summed E-state index contributed by atoms with van der Waals surface area (Å²) in [4.78, 5) is 27.5. The summed E-state index contributed by atoms with van der Waals surface area (Å²) in [6, 6.07) is 1.66. The van der Waals surface area contributed by atoms with Gasteiger partial charge in [-0.25, -0.2) is 0 Å². The van der Waals surface area contributed by atoms with E-state index in [0.717, 1.165) is 0 Å². The van der Waals surface area contributed by atoms with Crippen molar-refractivity contribution in [1.82, 2.24) is 9.88 Å². The number of fused-ring (bicyclic) bond motifs is 1. The summed E-state index contributed by atoms with van der Waals surface area (Å²) in [6.45, 7) is -0.0133. The highest BCUT2D eigenvalue weighted by Gasteiger charge is 2.29. The number of carbonyl (C=O) groups is 2. The lowest BCUT2D eigenvalue weighted by Gasteiger charge is -2.10. The van der Waals surface area contributed by atoms with Crippen molar-refractivity contribution in [2.45, 2.75) is 6.54 Å². The molecule has 0 bridgehead atoms. The molecule has 2 heterocycles. The van der Waals surface area contributed by atoms with Gasteiger partial charge in [0.2, 0.25) is 0 Å². The van der Waals surface area contributed by atoms with Crippen LogP contribution in [0.5, 0.6) is 0 Å². The Morgan fingerprint density at radius 2 is 2.40 bits per heavy atom. The smallest absolute Gasteiger partial charge is 0.323 e. The lowest BCUT2D eigenvalue weighted by Crippen LogP contribution is -2.29. The molecule has 1 aromatic rings. The van der Waals surface area contributed by atoms with E-state index in [4.69, 9.17) is 5.11 Å². The molecule has 2 rings (SSSR count). The van der Waals surface area contributed by atoms with Gasteiger partial charge >= 0.3 is 5.97 Å². The van der Waals surface area contributed by atoms with Gasteiger partial charge in [-0.15, -0.1) is 0 Å². The van der Waals surface area contributed by atoms with Gasteiger partial charge in [0.05, 0.1) is 17.8 Å². The molecule has 15 heavy (non-hydrogen) atoms. The Morgan fingerprint density at radius 3 is 3.07 bits per heavy atom. The van der Waals surface area contributed by atoms with Crippen LogP contribution < -0.4 is 0 Å². The maximum Gasteiger partial charge on any atom is 0.323 e. The van der Waals surface area contributed by atoms with Crippen molar-refractivity contribution < 1.29 is 14.7 Å². The maximum absolute atomic E-state index is 11.7. The van der Waals surface area contributed by atoms with Crippen LogP contribution in [0.25, 0.3) is 0 Å². The van der Waals surface area contributed by atoms with Crippen LogP contribution in [0.15, 0.2) is 16.7 Å². The van der Waals surface area contributed by atoms with Crippen LogP contribution in [0.4, 0.5) is 0 Å². The van der Waals surface area contributed by atoms with Gasteiger partial charge in [-0.2, -0.15) is 0 Å². The summed E-state index contributed by atoms with van der Waals surface area (Å²) in [5.41, 5.74) is 1.11. The molecular weight excluding hydrogens is 264 g/mol. The number of halogens is 1. The summed E-state index contributed by atoms with van der Waals surface area (Å²) in [7, 11) is 0. The van der Waals surface area contributed by atoms with E-state index >= 15 is 0 Å². The average Bonchev–Trinajstić information content (AvgIpc) is 2.44. The minimum absolute atomic E-state index is 0.272. The Balaban J connectivity index is 2.29. The zero-order valence-electron chi connectivity index (χ0n) is 7.61. The molecule has 0 saturated carbocycles. The molecule has 1 amide bonds. The van der Waals surface area contributed by atoms with Gasteiger partial charge in [-0.3, -0.25) is 14.6 Å². The first-order chi connectivity index (χ1) is 7.08. The summed E-state index contributed by atoms with van der Waals surface area (Å²) < 4.78 is 0.715. The van der Waals surface area contributed by atoms with Crippen LogP contribution in [0.1, 0.15) is 16.1 Å². The van der Waals surface area contributed by atoms with Gasteiger partial charge in [0.15, 0.2) is 0 Å². The van der Waals surface area contributed by atoms with E-state index in [2.05, 4.69) is 20.9 Å². The molecule has 1 aliphatic heterocycles. The van der Waals surface area contributed by atoms with E-state index < -0.39 is 5.97 Å². The molecule has 0 radical (unpaired) electrons. The van der Waals surface area contributed by atoms with E-state index in [9.17, 15) is 9.59 Å². The molecule has 6 heteroatoms. The van der Waals surface area contributed by atoms with Crippen LogP contribution in [0.2, 0.25) is 0 Å². The Bertz CT molecular complexity index is 447. The number of rotatable bonds is 2. The van der Waals surface area contributed by atoms with E-state index in [1.165, 1.54) is 4.90 Å². The van der Waals surface area contributed by atoms with Crippen molar-refractivity contribution in [2.24, 2.45) is 0 Å². The van der Waals surface area contributed by atoms with Crippen LogP contribution >= 0.6 is 15.9 Å².